The number of hydrogen-bond acceptors (Lipinski definition) is 6. The highest BCUT2D eigenvalue weighted by molar-refractivity contribution is 8.00. The number of carbonyl (C=O) groups is 3. The zero-order valence-corrected chi connectivity index (χ0v) is 13.0. The lowest BCUT2D eigenvalue weighted by Gasteiger charge is -2.21. The first kappa shape index (κ1) is 16.3. The SMILES string of the molecule is C=C(C)C(=O)OCCOC(=O)C1CC(=O)c2ccccc2S1. The molecule has 6 heteroatoms. The lowest BCUT2D eigenvalue weighted by Crippen LogP contribution is -2.28. The maximum absolute atomic E-state index is 12.0. The molecule has 1 atom stereocenters. The molecule has 0 amide bonds. The quantitative estimate of drug-likeness (QED) is 0.471. The molecule has 0 aromatic heterocycles. The summed E-state index contributed by atoms with van der Waals surface area (Å²) in [7, 11) is 0. The number of benzene rings is 1. The van der Waals surface area contributed by atoms with E-state index in [2.05, 4.69) is 6.58 Å². The van der Waals surface area contributed by atoms with Crippen molar-refractivity contribution in [3.8, 4) is 0 Å². The van der Waals surface area contributed by atoms with E-state index in [1.807, 2.05) is 12.1 Å². The molecule has 1 aliphatic heterocycles. The Bertz CT molecular complexity index is 623. The average Bonchev–Trinajstić information content (AvgIpc) is 2.50. The number of ether oxygens (including phenoxy) is 2. The molecule has 1 aromatic rings. The molecule has 5 nitrogen and oxygen atoms in total. The van der Waals surface area contributed by atoms with Gasteiger partial charge < -0.3 is 9.47 Å². The molecule has 1 heterocycles. The number of ketones is 1. The van der Waals surface area contributed by atoms with Crippen LogP contribution in [0.4, 0.5) is 0 Å². The summed E-state index contributed by atoms with van der Waals surface area (Å²) in [4.78, 5) is 35.9. The van der Waals surface area contributed by atoms with Crippen LogP contribution in [0.1, 0.15) is 23.7 Å². The van der Waals surface area contributed by atoms with Gasteiger partial charge in [-0.05, 0) is 13.0 Å². The number of rotatable bonds is 5. The highest BCUT2D eigenvalue weighted by Gasteiger charge is 2.31. The number of fused-ring (bicyclic) bond motifs is 1. The van der Waals surface area contributed by atoms with E-state index in [-0.39, 0.29) is 31.0 Å². The molecule has 0 bridgehead atoms. The van der Waals surface area contributed by atoms with Gasteiger partial charge in [0.1, 0.15) is 18.5 Å². The Balaban J connectivity index is 1.83. The normalized spacial score (nSPS) is 16.6. The van der Waals surface area contributed by atoms with Gasteiger partial charge in [-0.15, -0.1) is 11.8 Å². The molecule has 0 fully saturated rings. The largest absolute Gasteiger partial charge is 0.461 e. The molecule has 0 aliphatic carbocycles. The summed E-state index contributed by atoms with van der Waals surface area (Å²) in [6.45, 7) is 4.92. The summed E-state index contributed by atoms with van der Waals surface area (Å²) in [6, 6.07) is 7.19. The molecule has 1 unspecified atom stereocenters. The summed E-state index contributed by atoms with van der Waals surface area (Å²) >= 11 is 1.32. The van der Waals surface area contributed by atoms with Crippen LogP contribution in [-0.4, -0.2) is 36.2 Å². The first-order chi connectivity index (χ1) is 10.5. The first-order valence-corrected chi connectivity index (χ1v) is 7.65. The predicted molar refractivity (Wildman–Crippen MR) is 81.8 cm³/mol. The van der Waals surface area contributed by atoms with Crippen LogP contribution in [0.5, 0.6) is 0 Å². The lowest BCUT2D eigenvalue weighted by atomic mass is 10.1. The van der Waals surface area contributed by atoms with E-state index in [0.29, 0.717) is 5.56 Å². The third-order valence-corrected chi connectivity index (χ3v) is 4.25. The maximum Gasteiger partial charge on any atom is 0.333 e. The van der Waals surface area contributed by atoms with E-state index in [4.69, 9.17) is 9.47 Å². The van der Waals surface area contributed by atoms with Gasteiger partial charge in [0.25, 0.3) is 0 Å². The average molecular weight is 320 g/mol. The standard InChI is InChI=1S/C16H16O5S/c1-10(2)15(18)20-7-8-21-16(19)14-9-12(17)11-5-3-4-6-13(11)22-14/h3-6,14H,1,7-9H2,2H3. The van der Waals surface area contributed by atoms with Gasteiger partial charge in [-0.25, -0.2) is 4.79 Å². The van der Waals surface area contributed by atoms with Crippen molar-refractivity contribution in [2.45, 2.75) is 23.5 Å². The summed E-state index contributed by atoms with van der Waals surface area (Å²) in [5, 5.41) is -0.556. The Morgan fingerprint density at radius 3 is 2.68 bits per heavy atom. The molecule has 1 aromatic carbocycles. The molecule has 0 N–H and O–H groups in total. The zero-order valence-electron chi connectivity index (χ0n) is 12.2. The molecule has 116 valence electrons. The van der Waals surface area contributed by atoms with Crippen LogP contribution in [0.15, 0.2) is 41.3 Å². The van der Waals surface area contributed by atoms with E-state index in [1.165, 1.54) is 18.7 Å². The Kier molecular flexibility index (Phi) is 5.38. The number of hydrogen-bond donors (Lipinski definition) is 0. The fraction of sp³-hybridized carbons (Fsp3) is 0.312. The lowest BCUT2D eigenvalue weighted by molar-refractivity contribution is -0.149. The van der Waals surface area contributed by atoms with Crippen LogP contribution in [0.25, 0.3) is 0 Å². The molecule has 1 aliphatic rings. The van der Waals surface area contributed by atoms with E-state index in [0.717, 1.165) is 4.90 Å². The highest BCUT2D eigenvalue weighted by Crippen LogP contribution is 2.35. The fourth-order valence-electron chi connectivity index (χ4n) is 1.90. The van der Waals surface area contributed by atoms with Gasteiger partial charge in [0.05, 0.1) is 0 Å². The summed E-state index contributed by atoms with van der Waals surface area (Å²) < 4.78 is 9.89. The minimum Gasteiger partial charge on any atom is -0.461 e. The third kappa shape index (κ3) is 3.98. The van der Waals surface area contributed by atoms with Crippen LogP contribution in [-0.2, 0) is 19.1 Å². The fourth-order valence-corrected chi connectivity index (χ4v) is 3.07. The minimum absolute atomic E-state index is 0.0284. The second-order valence-electron chi connectivity index (χ2n) is 4.81. The Morgan fingerprint density at radius 2 is 1.95 bits per heavy atom. The second kappa shape index (κ2) is 7.26. The molecule has 0 radical (unpaired) electrons. The van der Waals surface area contributed by atoms with Crippen LogP contribution in [0.2, 0.25) is 0 Å². The number of esters is 2. The smallest absolute Gasteiger partial charge is 0.333 e. The van der Waals surface area contributed by atoms with E-state index in [9.17, 15) is 14.4 Å². The maximum atomic E-state index is 12.0. The van der Waals surface area contributed by atoms with Crippen molar-refractivity contribution in [1.29, 1.82) is 0 Å². The van der Waals surface area contributed by atoms with Gasteiger partial charge in [-0.3, -0.25) is 9.59 Å². The zero-order chi connectivity index (χ0) is 16.1. The van der Waals surface area contributed by atoms with Crippen molar-refractivity contribution in [3.05, 3.63) is 42.0 Å². The van der Waals surface area contributed by atoms with Gasteiger partial charge in [0, 0.05) is 22.5 Å². The summed E-state index contributed by atoms with van der Waals surface area (Å²) in [6.07, 6.45) is 0.117. The van der Waals surface area contributed by atoms with Crippen LogP contribution in [0, 0.1) is 0 Å². The first-order valence-electron chi connectivity index (χ1n) is 6.77. The van der Waals surface area contributed by atoms with Crippen molar-refractivity contribution in [1.82, 2.24) is 0 Å². The Labute approximate surface area is 132 Å². The highest BCUT2D eigenvalue weighted by atomic mass is 32.2. The molecular formula is C16H16O5S. The van der Waals surface area contributed by atoms with Crippen molar-refractivity contribution in [2.75, 3.05) is 13.2 Å². The van der Waals surface area contributed by atoms with E-state index >= 15 is 0 Å². The van der Waals surface area contributed by atoms with Crippen molar-refractivity contribution in [2.24, 2.45) is 0 Å². The van der Waals surface area contributed by atoms with Gasteiger partial charge in [-0.1, -0.05) is 24.8 Å². The second-order valence-corrected chi connectivity index (χ2v) is 6.06. The monoisotopic (exact) mass is 320 g/mol. The summed E-state index contributed by atoms with van der Waals surface area (Å²) in [5.41, 5.74) is 0.934. The van der Waals surface area contributed by atoms with Crippen LogP contribution >= 0.6 is 11.8 Å². The molecule has 0 spiro atoms. The number of thioether (sulfide) groups is 1. The summed E-state index contributed by atoms with van der Waals surface area (Å²) in [5.74, 6) is -1.06. The van der Waals surface area contributed by atoms with E-state index in [1.54, 1.807) is 12.1 Å². The van der Waals surface area contributed by atoms with E-state index < -0.39 is 17.2 Å². The molecule has 2 rings (SSSR count). The van der Waals surface area contributed by atoms with Gasteiger partial charge >= 0.3 is 11.9 Å². The van der Waals surface area contributed by atoms with Gasteiger partial charge in [0.2, 0.25) is 0 Å². The van der Waals surface area contributed by atoms with Crippen molar-refractivity contribution in [3.63, 3.8) is 0 Å². The topological polar surface area (TPSA) is 69.7 Å². The van der Waals surface area contributed by atoms with Crippen molar-refractivity contribution < 1.29 is 23.9 Å². The number of Topliss-reactive ketones (excluding diaryl/α,β-unsaturated/α-hetero) is 1. The van der Waals surface area contributed by atoms with Crippen LogP contribution in [0.3, 0.4) is 0 Å². The van der Waals surface area contributed by atoms with Gasteiger partial charge in [0.15, 0.2) is 5.78 Å². The third-order valence-electron chi connectivity index (χ3n) is 3.00. The molecule has 0 saturated carbocycles. The predicted octanol–water partition coefficient (Wildman–Crippen LogP) is 2.40. The van der Waals surface area contributed by atoms with Gasteiger partial charge in [-0.2, -0.15) is 0 Å². The number of carbonyl (C=O) groups excluding carboxylic acids is 3. The minimum atomic E-state index is -0.556. The Hall–Kier alpha value is -2.08. The molecular weight excluding hydrogens is 304 g/mol. The molecule has 22 heavy (non-hydrogen) atoms. The Morgan fingerprint density at radius 1 is 1.27 bits per heavy atom. The van der Waals surface area contributed by atoms with Crippen molar-refractivity contribution >= 4 is 29.5 Å². The van der Waals surface area contributed by atoms with Crippen LogP contribution < -0.4 is 0 Å². The molecule has 0 saturated heterocycles.